The lowest BCUT2D eigenvalue weighted by Crippen LogP contribution is -2.39. The van der Waals surface area contributed by atoms with Crippen molar-refractivity contribution in [3.05, 3.63) is 32.8 Å². The van der Waals surface area contributed by atoms with Crippen LogP contribution >= 0.6 is 11.6 Å². The van der Waals surface area contributed by atoms with Gasteiger partial charge in [-0.2, -0.15) is 0 Å². The SMILES string of the molecule is Cc1cc([N+](=O)[O-])c(Cl)cc1NS(=O)(=O)C(C)C(=O)N(C)C. The maximum absolute atomic E-state index is 12.2. The largest absolute Gasteiger partial charge is 0.348 e. The lowest BCUT2D eigenvalue weighted by Gasteiger charge is -2.19. The van der Waals surface area contributed by atoms with Crippen LogP contribution in [0.1, 0.15) is 12.5 Å². The summed E-state index contributed by atoms with van der Waals surface area (Å²) in [6, 6.07) is 2.32. The second-order valence-electron chi connectivity index (χ2n) is 4.90. The molecule has 1 aromatic rings. The van der Waals surface area contributed by atoms with Gasteiger partial charge in [-0.3, -0.25) is 19.6 Å². The second kappa shape index (κ2) is 6.49. The van der Waals surface area contributed by atoms with Crippen LogP contribution < -0.4 is 4.72 Å². The first-order valence-corrected chi connectivity index (χ1v) is 8.07. The molecule has 0 saturated heterocycles. The van der Waals surface area contributed by atoms with E-state index in [9.17, 15) is 23.3 Å². The Morgan fingerprint density at radius 2 is 1.95 bits per heavy atom. The Labute approximate surface area is 133 Å². The molecule has 0 radical (unpaired) electrons. The molecule has 122 valence electrons. The number of hydrogen-bond acceptors (Lipinski definition) is 5. The van der Waals surface area contributed by atoms with Crippen LogP contribution in [0.2, 0.25) is 5.02 Å². The topological polar surface area (TPSA) is 110 Å². The molecule has 0 saturated carbocycles. The van der Waals surface area contributed by atoms with E-state index in [1.54, 1.807) is 0 Å². The Bertz CT molecular complexity index is 718. The van der Waals surface area contributed by atoms with Crippen molar-refractivity contribution in [2.45, 2.75) is 19.1 Å². The molecule has 22 heavy (non-hydrogen) atoms. The van der Waals surface area contributed by atoms with Gasteiger partial charge in [0, 0.05) is 20.2 Å². The summed E-state index contributed by atoms with van der Waals surface area (Å²) < 4.78 is 26.6. The van der Waals surface area contributed by atoms with Crippen LogP contribution in [-0.4, -0.2) is 43.5 Å². The molecule has 10 heteroatoms. The second-order valence-corrected chi connectivity index (χ2v) is 7.31. The van der Waals surface area contributed by atoms with Crippen molar-refractivity contribution in [3.8, 4) is 0 Å². The molecule has 1 aromatic carbocycles. The minimum absolute atomic E-state index is 0.0917. The fraction of sp³-hybridized carbons (Fsp3) is 0.417. The van der Waals surface area contributed by atoms with Crippen LogP contribution in [0.5, 0.6) is 0 Å². The number of anilines is 1. The quantitative estimate of drug-likeness (QED) is 0.643. The summed E-state index contributed by atoms with van der Waals surface area (Å²) in [5.74, 6) is -0.585. The first kappa shape index (κ1) is 18.2. The number of benzene rings is 1. The average Bonchev–Trinajstić information content (AvgIpc) is 2.39. The van der Waals surface area contributed by atoms with Crippen LogP contribution in [0.3, 0.4) is 0 Å². The van der Waals surface area contributed by atoms with Crippen LogP contribution in [0.15, 0.2) is 12.1 Å². The van der Waals surface area contributed by atoms with E-state index in [2.05, 4.69) is 4.72 Å². The summed E-state index contributed by atoms with van der Waals surface area (Å²) in [5, 5.41) is 9.27. The third kappa shape index (κ3) is 3.86. The monoisotopic (exact) mass is 349 g/mol. The van der Waals surface area contributed by atoms with Crippen molar-refractivity contribution in [1.29, 1.82) is 0 Å². The number of nitrogens with one attached hydrogen (secondary N) is 1. The van der Waals surface area contributed by atoms with Crippen molar-refractivity contribution in [2.24, 2.45) is 0 Å². The maximum Gasteiger partial charge on any atom is 0.288 e. The molecule has 1 unspecified atom stereocenters. The minimum atomic E-state index is -4.00. The minimum Gasteiger partial charge on any atom is -0.348 e. The van der Waals surface area contributed by atoms with Gasteiger partial charge in [0.2, 0.25) is 15.9 Å². The molecule has 0 aliphatic rings. The summed E-state index contributed by atoms with van der Waals surface area (Å²) in [6.07, 6.45) is 0. The van der Waals surface area contributed by atoms with Gasteiger partial charge in [0.15, 0.2) is 5.25 Å². The number of carbonyl (C=O) groups is 1. The molecular formula is C12H16ClN3O5S. The van der Waals surface area contributed by atoms with E-state index in [1.807, 2.05) is 0 Å². The van der Waals surface area contributed by atoms with Crippen LogP contribution in [0, 0.1) is 17.0 Å². The van der Waals surface area contributed by atoms with Crippen LogP contribution in [0.25, 0.3) is 0 Å². The van der Waals surface area contributed by atoms with Crippen molar-refractivity contribution in [1.82, 2.24) is 4.90 Å². The fourth-order valence-electron chi connectivity index (χ4n) is 1.65. The van der Waals surface area contributed by atoms with Crippen LogP contribution in [0.4, 0.5) is 11.4 Å². The van der Waals surface area contributed by atoms with Gasteiger partial charge < -0.3 is 4.90 Å². The van der Waals surface area contributed by atoms with Gasteiger partial charge in [-0.25, -0.2) is 8.42 Å². The Kier molecular flexibility index (Phi) is 5.36. The number of nitrogens with zero attached hydrogens (tertiary/aromatic N) is 2. The number of nitro benzene ring substituents is 1. The van der Waals surface area contributed by atoms with E-state index in [1.165, 1.54) is 38.9 Å². The molecule has 0 aromatic heterocycles. The smallest absolute Gasteiger partial charge is 0.288 e. The summed E-state index contributed by atoms with van der Waals surface area (Å²) in [6.45, 7) is 2.76. The number of sulfonamides is 1. The molecule has 8 nitrogen and oxygen atoms in total. The van der Waals surface area contributed by atoms with Crippen molar-refractivity contribution >= 4 is 38.9 Å². The lowest BCUT2D eigenvalue weighted by atomic mass is 10.2. The molecular weight excluding hydrogens is 334 g/mol. The predicted molar refractivity (Wildman–Crippen MR) is 83.5 cm³/mol. The third-order valence-electron chi connectivity index (χ3n) is 3.00. The number of halogens is 1. The zero-order valence-electron chi connectivity index (χ0n) is 12.5. The van der Waals surface area contributed by atoms with E-state index >= 15 is 0 Å². The molecule has 0 aliphatic carbocycles. The van der Waals surface area contributed by atoms with Crippen molar-refractivity contribution in [2.75, 3.05) is 18.8 Å². The molecule has 1 amide bonds. The average molecular weight is 350 g/mol. The highest BCUT2D eigenvalue weighted by Crippen LogP contribution is 2.31. The first-order chi connectivity index (χ1) is 9.97. The summed E-state index contributed by atoms with van der Waals surface area (Å²) >= 11 is 5.77. The van der Waals surface area contributed by atoms with Crippen molar-refractivity contribution in [3.63, 3.8) is 0 Å². The number of hydrogen-bond donors (Lipinski definition) is 1. The molecule has 0 fully saturated rings. The van der Waals surface area contributed by atoms with E-state index < -0.39 is 26.1 Å². The Balaban J connectivity index is 3.17. The normalized spacial score (nSPS) is 12.6. The number of amides is 1. The molecule has 1 rings (SSSR count). The summed E-state index contributed by atoms with van der Waals surface area (Å²) in [7, 11) is -1.11. The lowest BCUT2D eigenvalue weighted by molar-refractivity contribution is -0.384. The zero-order chi connectivity index (χ0) is 17.2. The third-order valence-corrected chi connectivity index (χ3v) is 4.94. The molecule has 0 heterocycles. The zero-order valence-corrected chi connectivity index (χ0v) is 14.0. The van der Waals surface area contributed by atoms with E-state index in [4.69, 9.17) is 11.6 Å². The first-order valence-electron chi connectivity index (χ1n) is 6.14. The summed E-state index contributed by atoms with van der Waals surface area (Å²) in [5.41, 5.74) is 0.0951. The van der Waals surface area contributed by atoms with Gasteiger partial charge in [0.05, 0.1) is 10.6 Å². The van der Waals surface area contributed by atoms with E-state index in [0.717, 1.165) is 6.07 Å². The van der Waals surface area contributed by atoms with Crippen LogP contribution in [-0.2, 0) is 14.8 Å². The highest BCUT2D eigenvalue weighted by Gasteiger charge is 2.30. The van der Waals surface area contributed by atoms with Gasteiger partial charge >= 0.3 is 0 Å². The molecule has 0 spiro atoms. The molecule has 0 bridgehead atoms. The van der Waals surface area contributed by atoms with Gasteiger partial charge in [-0.15, -0.1) is 0 Å². The maximum atomic E-state index is 12.2. The van der Waals surface area contributed by atoms with Gasteiger partial charge in [0.1, 0.15) is 5.02 Å². The number of carbonyl (C=O) groups excluding carboxylic acids is 1. The Morgan fingerprint density at radius 1 is 1.41 bits per heavy atom. The predicted octanol–water partition coefficient (Wildman–Crippen LogP) is 1.78. The Morgan fingerprint density at radius 3 is 2.41 bits per heavy atom. The Hall–Kier alpha value is -1.87. The van der Waals surface area contributed by atoms with Crippen molar-refractivity contribution < 1.29 is 18.1 Å². The molecule has 1 atom stereocenters. The van der Waals surface area contributed by atoms with Gasteiger partial charge in [-0.05, 0) is 25.5 Å². The van der Waals surface area contributed by atoms with E-state index in [0.29, 0.717) is 5.56 Å². The number of nitro groups is 1. The summed E-state index contributed by atoms with van der Waals surface area (Å²) in [4.78, 5) is 23.0. The highest BCUT2D eigenvalue weighted by molar-refractivity contribution is 7.94. The molecule has 1 N–H and O–H groups in total. The van der Waals surface area contributed by atoms with Gasteiger partial charge in [0.25, 0.3) is 5.69 Å². The van der Waals surface area contributed by atoms with Gasteiger partial charge in [-0.1, -0.05) is 11.6 Å². The van der Waals surface area contributed by atoms with E-state index in [-0.39, 0.29) is 16.4 Å². The standard InChI is InChI=1S/C12H16ClN3O5S/c1-7-5-11(16(18)19)9(13)6-10(7)14-22(20,21)8(2)12(17)15(3)4/h5-6,8,14H,1-4H3. The molecule has 0 aliphatic heterocycles. The number of rotatable bonds is 5. The highest BCUT2D eigenvalue weighted by atomic mass is 35.5. The fourth-order valence-corrected chi connectivity index (χ4v) is 3.07. The number of aryl methyl sites for hydroxylation is 1.